The van der Waals surface area contributed by atoms with Crippen molar-refractivity contribution in [2.75, 3.05) is 5.32 Å². The van der Waals surface area contributed by atoms with E-state index in [0.29, 0.717) is 5.82 Å². The molecule has 0 saturated carbocycles. The second-order valence-electron chi connectivity index (χ2n) is 3.91. The highest BCUT2D eigenvalue weighted by molar-refractivity contribution is 9.10. The van der Waals surface area contributed by atoms with Gasteiger partial charge in [-0.05, 0) is 52.7 Å². The van der Waals surface area contributed by atoms with Crippen molar-refractivity contribution in [1.82, 2.24) is 4.98 Å². The molecule has 1 N–H and O–H groups in total. The van der Waals surface area contributed by atoms with Crippen molar-refractivity contribution < 1.29 is 8.78 Å². The first kappa shape index (κ1) is 13.0. The highest BCUT2D eigenvalue weighted by atomic mass is 79.9. The maximum atomic E-state index is 13.4. The molecule has 1 heterocycles. The monoisotopic (exact) mass is 312 g/mol. The van der Waals surface area contributed by atoms with E-state index in [1.807, 2.05) is 13.0 Å². The lowest BCUT2D eigenvalue weighted by Gasteiger charge is -2.08. The fraction of sp³-hybridized carbons (Fsp3) is 0.154. The molecule has 5 heteroatoms. The molecule has 2 aromatic rings. The third kappa shape index (κ3) is 3.04. The van der Waals surface area contributed by atoms with Gasteiger partial charge in [0.25, 0.3) is 0 Å². The van der Waals surface area contributed by atoms with Crippen molar-refractivity contribution in [2.45, 2.75) is 13.5 Å². The summed E-state index contributed by atoms with van der Waals surface area (Å²) in [6, 6.07) is 5.22. The quantitative estimate of drug-likeness (QED) is 0.925. The number of nitrogens with zero attached hydrogens (tertiary/aromatic N) is 1. The van der Waals surface area contributed by atoms with Crippen LogP contribution in [0.15, 0.2) is 34.9 Å². The molecule has 0 radical (unpaired) electrons. The van der Waals surface area contributed by atoms with Crippen LogP contribution in [-0.2, 0) is 6.54 Å². The Labute approximate surface area is 112 Å². The zero-order chi connectivity index (χ0) is 13.1. The van der Waals surface area contributed by atoms with Crippen LogP contribution in [0.5, 0.6) is 0 Å². The number of aromatic nitrogens is 1. The summed E-state index contributed by atoms with van der Waals surface area (Å²) in [7, 11) is 0. The van der Waals surface area contributed by atoms with Crippen LogP contribution in [0.3, 0.4) is 0 Å². The van der Waals surface area contributed by atoms with Gasteiger partial charge in [-0.3, -0.25) is 0 Å². The van der Waals surface area contributed by atoms with Crippen LogP contribution in [0.25, 0.3) is 0 Å². The minimum atomic E-state index is -0.451. The Morgan fingerprint density at radius 2 is 2.06 bits per heavy atom. The van der Waals surface area contributed by atoms with Gasteiger partial charge in [-0.15, -0.1) is 0 Å². The van der Waals surface area contributed by atoms with E-state index in [4.69, 9.17) is 0 Å². The number of hydrogen-bond donors (Lipinski definition) is 1. The first-order chi connectivity index (χ1) is 8.56. The van der Waals surface area contributed by atoms with Gasteiger partial charge in [0.05, 0.1) is 0 Å². The Balaban J connectivity index is 2.11. The van der Waals surface area contributed by atoms with Crippen LogP contribution >= 0.6 is 15.9 Å². The molecule has 0 amide bonds. The summed E-state index contributed by atoms with van der Waals surface area (Å²) in [4.78, 5) is 4.13. The summed E-state index contributed by atoms with van der Waals surface area (Å²) in [5.74, 6) is -0.259. The molecular weight excluding hydrogens is 302 g/mol. The predicted octanol–water partition coefficient (Wildman–Crippen LogP) is 4.04. The van der Waals surface area contributed by atoms with Gasteiger partial charge in [0, 0.05) is 22.8 Å². The van der Waals surface area contributed by atoms with Gasteiger partial charge in [-0.1, -0.05) is 0 Å². The number of hydrogen-bond acceptors (Lipinski definition) is 2. The van der Waals surface area contributed by atoms with Crippen LogP contribution in [0.4, 0.5) is 14.6 Å². The fourth-order valence-corrected chi connectivity index (χ4v) is 1.72. The first-order valence-corrected chi connectivity index (χ1v) is 6.15. The summed E-state index contributed by atoms with van der Waals surface area (Å²) in [6.07, 6.45) is 1.67. The van der Waals surface area contributed by atoms with E-state index in [9.17, 15) is 8.78 Å². The van der Waals surface area contributed by atoms with Crippen molar-refractivity contribution in [2.24, 2.45) is 0 Å². The average molecular weight is 313 g/mol. The van der Waals surface area contributed by atoms with Gasteiger partial charge >= 0.3 is 0 Å². The van der Waals surface area contributed by atoms with Gasteiger partial charge in [0.15, 0.2) is 0 Å². The lowest BCUT2D eigenvalue weighted by atomic mass is 10.2. The Hall–Kier alpha value is -1.49. The highest BCUT2D eigenvalue weighted by Crippen LogP contribution is 2.18. The Morgan fingerprint density at radius 1 is 1.28 bits per heavy atom. The summed E-state index contributed by atoms with van der Waals surface area (Å²) in [5.41, 5.74) is 1.30. The maximum Gasteiger partial charge on any atom is 0.128 e. The Kier molecular flexibility index (Phi) is 3.91. The van der Waals surface area contributed by atoms with Crippen molar-refractivity contribution >= 4 is 21.7 Å². The lowest BCUT2D eigenvalue weighted by molar-refractivity contribution is 0.587. The number of aryl methyl sites for hydroxylation is 1. The molecule has 18 heavy (non-hydrogen) atoms. The topological polar surface area (TPSA) is 24.9 Å². The number of halogens is 3. The van der Waals surface area contributed by atoms with E-state index in [0.717, 1.165) is 22.2 Å². The number of anilines is 1. The van der Waals surface area contributed by atoms with E-state index >= 15 is 0 Å². The molecule has 1 aromatic heterocycles. The smallest absolute Gasteiger partial charge is 0.128 e. The van der Waals surface area contributed by atoms with Crippen molar-refractivity contribution in [3.8, 4) is 0 Å². The molecule has 0 aliphatic rings. The van der Waals surface area contributed by atoms with Crippen LogP contribution in [-0.4, -0.2) is 4.98 Å². The van der Waals surface area contributed by atoms with Crippen molar-refractivity contribution in [3.05, 3.63) is 57.7 Å². The second kappa shape index (κ2) is 5.44. The average Bonchev–Trinajstić information content (AvgIpc) is 2.34. The van der Waals surface area contributed by atoms with Gasteiger partial charge in [-0.25, -0.2) is 13.8 Å². The number of rotatable bonds is 3. The van der Waals surface area contributed by atoms with E-state index < -0.39 is 11.6 Å². The van der Waals surface area contributed by atoms with E-state index in [2.05, 4.69) is 26.2 Å². The second-order valence-corrected chi connectivity index (χ2v) is 4.76. The molecular formula is C13H11BrF2N2. The molecule has 0 saturated heterocycles. The van der Waals surface area contributed by atoms with Crippen LogP contribution in [0, 0.1) is 18.6 Å². The third-order valence-corrected chi connectivity index (χ3v) is 3.34. The molecule has 2 rings (SSSR count). The number of nitrogens with one attached hydrogen (secondary N) is 1. The normalized spacial score (nSPS) is 10.4. The largest absolute Gasteiger partial charge is 0.366 e. The predicted molar refractivity (Wildman–Crippen MR) is 70.4 cm³/mol. The van der Waals surface area contributed by atoms with Gasteiger partial charge in [-0.2, -0.15) is 0 Å². The van der Waals surface area contributed by atoms with E-state index in [1.54, 1.807) is 6.20 Å². The van der Waals surface area contributed by atoms with Crippen LogP contribution in [0.2, 0.25) is 0 Å². The van der Waals surface area contributed by atoms with E-state index in [-0.39, 0.29) is 12.1 Å². The summed E-state index contributed by atoms with van der Waals surface area (Å²) >= 11 is 3.35. The van der Waals surface area contributed by atoms with Gasteiger partial charge in [0.2, 0.25) is 0 Å². The molecule has 0 atom stereocenters. The number of pyridine rings is 1. The number of benzene rings is 1. The van der Waals surface area contributed by atoms with Crippen LogP contribution < -0.4 is 5.32 Å². The van der Waals surface area contributed by atoms with Crippen molar-refractivity contribution in [1.29, 1.82) is 0 Å². The van der Waals surface area contributed by atoms with E-state index in [1.165, 1.54) is 6.07 Å². The standard InChI is InChI=1S/C13H11BrF2N2/c1-8-4-13(18-7-11(8)14)17-6-9-5-10(15)2-3-12(9)16/h2-5,7H,6H2,1H3,(H,17,18). The minimum Gasteiger partial charge on any atom is -0.366 e. The summed E-state index contributed by atoms with van der Waals surface area (Å²) in [5, 5.41) is 2.96. The highest BCUT2D eigenvalue weighted by Gasteiger charge is 2.04. The lowest BCUT2D eigenvalue weighted by Crippen LogP contribution is -2.04. The molecule has 94 valence electrons. The molecule has 0 aliphatic carbocycles. The molecule has 0 aliphatic heterocycles. The molecule has 0 spiro atoms. The molecule has 0 bridgehead atoms. The third-order valence-electron chi connectivity index (χ3n) is 2.51. The molecule has 1 aromatic carbocycles. The first-order valence-electron chi connectivity index (χ1n) is 5.36. The zero-order valence-corrected chi connectivity index (χ0v) is 11.3. The zero-order valence-electron chi connectivity index (χ0n) is 9.67. The minimum absolute atomic E-state index is 0.192. The maximum absolute atomic E-state index is 13.4. The Bertz CT molecular complexity index is 573. The van der Waals surface area contributed by atoms with Gasteiger partial charge in [0.1, 0.15) is 17.5 Å². The van der Waals surface area contributed by atoms with Gasteiger partial charge < -0.3 is 5.32 Å². The van der Waals surface area contributed by atoms with Crippen LogP contribution in [0.1, 0.15) is 11.1 Å². The summed E-state index contributed by atoms with van der Waals surface area (Å²) < 4.78 is 27.3. The molecule has 0 unspecified atom stereocenters. The Morgan fingerprint density at radius 3 is 2.78 bits per heavy atom. The fourth-order valence-electron chi connectivity index (χ4n) is 1.50. The SMILES string of the molecule is Cc1cc(NCc2cc(F)ccc2F)ncc1Br. The summed E-state index contributed by atoms with van der Waals surface area (Å²) in [6.45, 7) is 2.12. The molecule has 2 nitrogen and oxygen atoms in total. The molecule has 0 fully saturated rings. The van der Waals surface area contributed by atoms with Crippen molar-refractivity contribution in [3.63, 3.8) is 0 Å².